The Morgan fingerprint density at radius 2 is 1.82 bits per heavy atom. The maximum absolute atomic E-state index is 12.7. The summed E-state index contributed by atoms with van der Waals surface area (Å²) in [4.78, 5) is 19.4. The minimum atomic E-state index is -0.0433. The number of likely N-dealkylation sites (tertiary alicyclic amines) is 1. The number of hydrogen-bond donors (Lipinski definition) is 1. The lowest BCUT2D eigenvalue weighted by Gasteiger charge is -2.27. The fraction of sp³-hybridized carbons (Fsp3) is 0.364. The standard InChI is InChI=1S/C22H23N3O3/c26-22(24-19-12-27-13-20(19)25-9-1-2-10-25)16-5-3-15(4-6-16)17-7-8-21-18(11-17)23-14-28-21/h3-8,11,14,19-20H,1-2,9-10,12-13H2,(H,24,26)/t19-,20-/m0/s1. The fourth-order valence-corrected chi connectivity index (χ4v) is 4.22. The number of benzene rings is 2. The van der Waals surface area contributed by atoms with E-state index >= 15 is 0 Å². The second kappa shape index (κ2) is 7.37. The van der Waals surface area contributed by atoms with Crippen LogP contribution in [0.2, 0.25) is 0 Å². The number of aromatic nitrogens is 1. The number of carbonyl (C=O) groups is 1. The summed E-state index contributed by atoms with van der Waals surface area (Å²) in [5.41, 5.74) is 4.35. The molecule has 2 atom stereocenters. The Hall–Kier alpha value is -2.70. The van der Waals surface area contributed by atoms with Gasteiger partial charge in [0.1, 0.15) is 5.52 Å². The Morgan fingerprint density at radius 1 is 1.04 bits per heavy atom. The van der Waals surface area contributed by atoms with Gasteiger partial charge in [-0.1, -0.05) is 18.2 Å². The number of carbonyl (C=O) groups excluding carboxylic acids is 1. The summed E-state index contributed by atoms with van der Waals surface area (Å²) in [7, 11) is 0. The first kappa shape index (κ1) is 17.4. The highest BCUT2D eigenvalue weighted by atomic mass is 16.5. The molecule has 1 aromatic heterocycles. The molecule has 1 N–H and O–H groups in total. The highest BCUT2D eigenvalue weighted by molar-refractivity contribution is 5.95. The Balaban J connectivity index is 1.29. The summed E-state index contributed by atoms with van der Waals surface area (Å²) in [5.74, 6) is -0.0433. The molecule has 2 aliphatic heterocycles. The zero-order valence-electron chi connectivity index (χ0n) is 15.6. The predicted octanol–water partition coefficient (Wildman–Crippen LogP) is 3.09. The van der Waals surface area contributed by atoms with Gasteiger partial charge in [-0.15, -0.1) is 0 Å². The van der Waals surface area contributed by atoms with Crippen LogP contribution in [0.3, 0.4) is 0 Å². The number of amides is 1. The Bertz CT molecular complexity index is 976. The van der Waals surface area contributed by atoms with Crippen molar-refractivity contribution in [3.63, 3.8) is 0 Å². The largest absolute Gasteiger partial charge is 0.443 e. The second-order valence-electron chi connectivity index (χ2n) is 7.54. The second-order valence-corrected chi connectivity index (χ2v) is 7.54. The third kappa shape index (κ3) is 3.30. The monoisotopic (exact) mass is 377 g/mol. The van der Waals surface area contributed by atoms with E-state index in [-0.39, 0.29) is 11.9 Å². The SMILES string of the molecule is O=C(N[C@H]1COC[C@@H]1N1CCCC1)c1ccc(-c2ccc3ocnc3c2)cc1. The van der Waals surface area contributed by atoms with Crippen molar-refractivity contribution >= 4 is 17.0 Å². The van der Waals surface area contributed by atoms with Crippen molar-refractivity contribution in [2.24, 2.45) is 0 Å². The first-order valence-electron chi connectivity index (χ1n) is 9.84. The molecule has 5 rings (SSSR count). The Morgan fingerprint density at radius 3 is 2.64 bits per heavy atom. The molecule has 1 amide bonds. The van der Waals surface area contributed by atoms with E-state index < -0.39 is 0 Å². The van der Waals surface area contributed by atoms with Crippen molar-refractivity contribution in [3.8, 4) is 11.1 Å². The van der Waals surface area contributed by atoms with Crippen LogP contribution in [0.1, 0.15) is 23.2 Å². The fourth-order valence-electron chi connectivity index (χ4n) is 4.22. The molecule has 2 fully saturated rings. The normalized spacial score (nSPS) is 22.7. The van der Waals surface area contributed by atoms with Crippen LogP contribution in [0, 0.1) is 0 Å². The summed E-state index contributed by atoms with van der Waals surface area (Å²) in [6, 6.07) is 13.9. The van der Waals surface area contributed by atoms with Crippen LogP contribution in [-0.4, -0.2) is 54.2 Å². The van der Waals surface area contributed by atoms with Crippen LogP contribution in [0.25, 0.3) is 22.2 Å². The van der Waals surface area contributed by atoms with E-state index in [4.69, 9.17) is 9.15 Å². The van der Waals surface area contributed by atoms with E-state index in [0.717, 1.165) is 35.3 Å². The average molecular weight is 377 g/mol. The van der Waals surface area contributed by atoms with Gasteiger partial charge >= 0.3 is 0 Å². The Labute approximate surface area is 163 Å². The minimum absolute atomic E-state index is 0.0433. The third-order valence-corrected chi connectivity index (χ3v) is 5.79. The van der Waals surface area contributed by atoms with Crippen molar-refractivity contribution in [1.29, 1.82) is 0 Å². The Kier molecular flexibility index (Phi) is 4.58. The summed E-state index contributed by atoms with van der Waals surface area (Å²) in [6.07, 6.45) is 3.92. The van der Waals surface area contributed by atoms with Crippen LogP contribution in [0.4, 0.5) is 0 Å². The van der Waals surface area contributed by atoms with Crippen LogP contribution < -0.4 is 5.32 Å². The van der Waals surface area contributed by atoms with E-state index in [2.05, 4.69) is 15.2 Å². The van der Waals surface area contributed by atoms with Crippen molar-refractivity contribution in [1.82, 2.24) is 15.2 Å². The zero-order chi connectivity index (χ0) is 18.9. The number of ether oxygens (including phenoxy) is 1. The van der Waals surface area contributed by atoms with Gasteiger partial charge in [0, 0.05) is 5.56 Å². The topological polar surface area (TPSA) is 67.6 Å². The van der Waals surface area contributed by atoms with Gasteiger partial charge in [0.2, 0.25) is 0 Å². The van der Waals surface area contributed by atoms with Crippen molar-refractivity contribution in [2.75, 3.05) is 26.3 Å². The number of fused-ring (bicyclic) bond motifs is 1. The summed E-state index contributed by atoms with van der Waals surface area (Å²) in [5, 5.41) is 3.17. The van der Waals surface area contributed by atoms with Crippen LogP contribution >= 0.6 is 0 Å². The lowest BCUT2D eigenvalue weighted by Crippen LogP contribution is -2.50. The molecule has 3 aromatic rings. The number of hydrogen-bond acceptors (Lipinski definition) is 5. The van der Waals surface area contributed by atoms with Gasteiger partial charge in [0.25, 0.3) is 5.91 Å². The van der Waals surface area contributed by atoms with Crippen LogP contribution in [-0.2, 0) is 4.74 Å². The molecule has 3 heterocycles. The molecule has 0 saturated carbocycles. The van der Waals surface area contributed by atoms with Gasteiger partial charge < -0.3 is 14.5 Å². The number of oxazole rings is 1. The third-order valence-electron chi connectivity index (χ3n) is 5.79. The molecule has 6 nitrogen and oxygen atoms in total. The smallest absolute Gasteiger partial charge is 0.251 e. The van der Waals surface area contributed by atoms with E-state index in [9.17, 15) is 4.79 Å². The molecule has 0 spiro atoms. The molecule has 144 valence electrons. The summed E-state index contributed by atoms with van der Waals surface area (Å²) in [6.45, 7) is 3.49. The molecule has 28 heavy (non-hydrogen) atoms. The molecule has 2 saturated heterocycles. The van der Waals surface area contributed by atoms with Gasteiger partial charge in [-0.2, -0.15) is 0 Å². The van der Waals surface area contributed by atoms with E-state index in [1.54, 1.807) is 0 Å². The number of nitrogens with one attached hydrogen (secondary N) is 1. The maximum atomic E-state index is 12.7. The van der Waals surface area contributed by atoms with Gasteiger partial charge in [0.05, 0.1) is 25.3 Å². The van der Waals surface area contributed by atoms with Crippen LogP contribution in [0.5, 0.6) is 0 Å². The minimum Gasteiger partial charge on any atom is -0.443 e. The molecular formula is C22H23N3O3. The quantitative estimate of drug-likeness (QED) is 0.757. The molecule has 0 radical (unpaired) electrons. The first-order valence-corrected chi connectivity index (χ1v) is 9.84. The number of nitrogens with zero attached hydrogens (tertiary/aromatic N) is 2. The van der Waals surface area contributed by atoms with Gasteiger partial charge in [0.15, 0.2) is 12.0 Å². The van der Waals surface area contributed by atoms with Gasteiger partial charge in [-0.3, -0.25) is 9.69 Å². The van der Waals surface area contributed by atoms with E-state index in [0.29, 0.717) is 24.8 Å². The van der Waals surface area contributed by atoms with E-state index in [1.807, 2.05) is 42.5 Å². The van der Waals surface area contributed by atoms with Crippen molar-refractivity contribution in [2.45, 2.75) is 24.9 Å². The highest BCUT2D eigenvalue weighted by Gasteiger charge is 2.35. The lowest BCUT2D eigenvalue weighted by molar-refractivity contribution is 0.0916. The van der Waals surface area contributed by atoms with E-state index in [1.165, 1.54) is 19.2 Å². The van der Waals surface area contributed by atoms with Crippen molar-refractivity contribution < 1.29 is 13.9 Å². The lowest BCUT2D eigenvalue weighted by atomic mass is 10.0. The average Bonchev–Trinajstić information content (AvgIpc) is 3.48. The summed E-state index contributed by atoms with van der Waals surface area (Å²) < 4.78 is 10.9. The molecular weight excluding hydrogens is 354 g/mol. The zero-order valence-corrected chi connectivity index (χ0v) is 15.6. The molecule has 0 bridgehead atoms. The molecule has 0 unspecified atom stereocenters. The molecule has 0 aliphatic carbocycles. The van der Waals surface area contributed by atoms with Gasteiger partial charge in [-0.25, -0.2) is 4.98 Å². The van der Waals surface area contributed by atoms with Crippen molar-refractivity contribution in [3.05, 3.63) is 54.4 Å². The summed E-state index contributed by atoms with van der Waals surface area (Å²) >= 11 is 0. The number of rotatable bonds is 4. The first-order chi connectivity index (χ1) is 13.8. The van der Waals surface area contributed by atoms with Crippen LogP contribution in [0.15, 0.2) is 53.3 Å². The molecule has 6 heteroatoms. The maximum Gasteiger partial charge on any atom is 0.251 e. The predicted molar refractivity (Wildman–Crippen MR) is 106 cm³/mol. The highest BCUT2D eigenvalue weighted by Crippen LogP contribution is 2.24. The molecule has 2 aromatic carbocycles. The van der Waals surface area contributed by atoms with Gasteiger partial charge in [-0.05, 0) is 61.3 Å². The molecule has 2 aliphatic rings.